The number of halogens is 2. The van der Waals surface area contributed by atoms with Crippen LogP contribution in [0.3, 0.4) is 0 Å². The van der Waals surface area contributed by atoms with Crippen LogP contribution in [0, 0.1) is 6.92 Å². The van der Waals surface area contributed by atoms with Gasteiger partial charge in [-0.15, -0.1) is 0 Å². The number of nitrogens with one attached hydrogen (secondary N) is 1. The number of hydrogen-bond acceptors (Lipinski definition) is 5. The number of aryl methyl sites for hydroxylation is 1. The maximum atomic E-state index is 5.77. The van der Waals surface area contributed by atoms with Crippen LogP contribution < -0.4 is 14.8 Å². The third kappa shape index (κ3) is 4.71. The van der Waals surface area contributed by atoms with Crippen molar-refractivity contribution in [2.75, 3.05) is 24.4 Å². The molecule has 0 saturated heterocycles. The van der Waals surface area contributed by atoms with E-state index >= 15 is 0 Å². The van der Waals surface area contributed by atoms with Crippen LogP contribution in [-0.2, 0) is 0 Å². The van der Waals surface area contributed by atoms with E-state index in [1.54, 1.807) is 7.11 Å². The smallest absolute Gasteiger partial charge is 0.163 e. The van der Waals surface area contributed by atoms with E-state index < -0.39 is 0 Å². The zero-order valence-corrected chi connectivity index (χ0v) is 18.6. The van der Waals surface area contributed by atoms with E-state index in [-0.39, 0.29) is 6.04 Å². The van der Waals surface area contributed by atoms with Crippen molar-refractivity contribution in [1.29, 1.82) is 0 Å². The summed E-state index contributed by atoms with van der Waals surface area (Å²) < 4.78 is 12.3. The van der Waals surface area contributed by atoms with Gasteiger partial charge >= 0.3 is 0 Å². The number of benzene rings is 2. The second-order valence-corrected chi connectivity index (χ2v) is 7.81. The average Bonchev–Trinajstić information content (AvgIpc) is 2.65. The molecule has 0 aliphatic heterocycles. The van der Waals surface area contributed by atoms with Crippen molar-refractivity contribution in [2.24, 2.45) is 0 Å². The monoisotopic (exact) mass is 493 g/mol. The molecule has 0 saturated carbocycles. The third-order valence-electron chi connectivity index (χ3n) is 4.13. The Balaban J connectivity index is 2.01. The molecule has 0 radical (unpaired) electrons. The third-order valence-corrected chi connectivity index (χ3v) is 4.95. The lowest BCUT2D eigenvalue weighted by atomic mass is 10.1. The fourth-order valence-corrected chi connectivity index (χ4v) is 3.43. The summed E-state index contributed by atoms with van der Waals surface area (Å²) in [6.45, 7) is 4.55. The highest BCUT2D eigenvalue weighted by atomic mass is 79.9. The van der Waals surface area contributed by atoms with Crippen molar-refractivity contribution in [3.8, 4) is 11.5 Å². The quantitative estimate of drug-likeness (QED) is 0.429. The number of fused-ring (bicyclic) bond motifs is 1. The minimum absolute atomic E-state index is 0.0790. The second kappa shape index (κ2) is 8.89. The minimum atomic E-state index is 0.0790. The van der Waals surface area contributed by atoms with Gasteiger partial charge in [0.05, 0.1) is 25.3 Å². The fourth-order valence-electron chi connectivity index (χ4n) is 2.85. The number of methoxy groups -OCH3 is 1. The molecule has 5 nitrogen and oxygen atoms in total. The van der Waals surface area contributed by atoms with E-state index in [2.05, 4.69) is 66.2 Å². The first-order valence-electron chi connectivity index (χ1n) is 8.59. The van der Waals surface area contributed by atoms with Gasteiger partial charge in [0.15, 0.2) is 11.5 Å². The summed E-state index contributed by atoms with van der Waals surface area (Å²) in [6, 6.07) is 12.1. The first-order chi connectivity index (χ1) is 13.0. The molecule has 1 N–H and O–H groups in total. The van der Waals surface area contributed by atoms with Gasteiger partial charge in [-0.1, -0.05) is 44.0 Å². The second-order valence-electron chi connectivity index (χ2n) is 6.10. The van der Waals surface area contributed by atoms with Crippen LogP contribution in [-0.4, -0.2) is 29.0 Å². The molecule has 0 unspecified atom stereocenters. The molecule has 3 aromatic rings. The van der Waals surface area contributed by atoms with Crippen molar-refractivity contribution >= 4 is 48.6 Å². The van der Waals surface area contributed by atoms with Crippen molar-refractivity contribution in [1.82, 2.24) is 9.97 Å². The number of rotatable bonds is 7. The molecule has 0 aliphatic rings. The van der Waals surface area contributed by atoms with E-state index in [0.29, 0.717) is 23.9 Å². The van der Waals surface area contributed by atoms with Gasteiger partial charge in [-0.2, -0.15) is 0 Å². The molecule has 3 rings (SSSR count). The van der Waals surface area contributed by atoms with Crippen LogP contribution in [0.25, 0.3) is 10.9 Å². The Morgan fingerprint density at radius 3 is 2.67 bits per heavy atom. The first kappa shape index (κ1) is 19.9. The highest BCUT2D eigenvalue weighted by molar-refractivity contribution is 9.10. The van der Waals surface area contributed by atoms with Gasteiger partial charge in [-0.05, 0) is 37.6 Å². The SMILES string of the molecule is COc1cc2c(N[C@H](C)c3cccc(Br)c3)nc(C)nc2cc1OCCBr. The zero-order valence-electron chi connectivity index (χ0n) is 15.4. The molecule has 0 bridgehead atoms. The maximum Gasteiger partial charge on any atom is 0.163 e. The number of ether oxygens (including phenoxy) is 2. The molecule has 1 atom stereocenters. The summed E-state index contributed by atoms with van der Waals surface area (Å²) in [4.78, 5) is 9.19. The van der Waals surface area contributed by atoms with Crippen molar-refractivity contribution in [2.45, 2.75) is 19.9 Å². The van der Waals surface area contributed by atoms with Gasteiger partial charge in [0.25, 0.3) is 0 Å². The Morgan fingerprint density at radius 1 is 1.15 bits per heavy atom. The number of anilines is 1. The predicted octanol–water partition coefficient (Wildman–Crippen LogP) is 5.66. The number of alkyl halides is 1. The lowest BCUT2D eigenvalue weighted by Gasteiger charge is -2.18. The Bertz CT molecular complexity index is 950. The topological polar surface area (TPSA) is 56.3 Å². The van der Waals surface area contributed by atoms with E-state index in [1.165, 1.54) is 0 Å². The molecule has 0 fully saturated rings. The molecule has 0 aliphatic carbocycles. The Kier molecular flexibility index (Phi) is 6.55. The van der Waals surface area contributed by atoms with Gasteiger partial charge in [0.1, 0.15) is 11.6 Å². The minimum Gasteiger partial charge on any atom is -0.493 e. The summed E-state index contributed by atoms with van der Waals surface area (Å²) in [5.41, 5.74) is 1.98. The highest BCUT2D eigenvalue weighted by Crippen LogP contribution is 2.35. The molecule has 1 aromatic heterocycles. The number of aromatic nitrogens is 2. The molecule has 0 amide bonds. The van der Waals surface area contributed by atoms with Crippen LogP contribution in [0.4, 0.5) is 5.82 Å². The molecule has 1 heterocycles. The van der Waals surface area contributed by atoms with E-state index in [9.17, 15) is 0 Å². The molecule has 7 heteroatoms. The first-order valence-corrected chi connectivity index (χ1v) is 10.5. The number of hydrogen-bond donors (Lipinski definition) is 1. The molecular weight excluding hydrogens is 474 g/mol. The van der Waals surface area contributed by atoms with E-state index in [0.717, 1.165) is 32.1 Å². The van der Waals surface area contributed by atoms with Crippen LogP contribution in [0.1, 0.15) is 24.4 Å². The molecule has 27 heavy (non-hydrogen) atoms. The number of nitrogens with zero attached hydrogens (tertiary/aromatic N) is 2. The summed E-state index contributed by atoms with van der Waals surface area (Å²) in [5.74, 6) is 2.81. The highest BCUT2D eigenvalue weighted by Gasteiger charge is 2.15. The van der Waals surface area contributed by atoms with E-state index in [4.69, 9.17) is 9.47 Å². The van der Waals surface area contributed by atoms with Crippen LogP contribution in [0.2, 0.25) is 0 Å². The van der Waals surface area contributed by atoms with Gasteiger partial charge in [-0.3, -0.25) is 0 Å². The standard InChI is InChI=1S/C20H21Br2N3O2/c1-12(14-5-4-6-15(22)9-14)23-20-16-10-18(26-3)19(27-8-7-21)11-17(16)24-13(2)25-20/h4-6,9-12H,7-8H2,1-3H3,(H,23,24,25)/t12-/m1/s1. The predicted molar refractivity (Wildman–Crippen MR) is 116 cm³/mol. The van der Waals surface area contributed by atoms with Crippen molar-refractivity contribution < 1.29 is 9.47 Å². The Morgan fingerprint density at radius 2 is 1.96 bits per heavy atom. The lowest BCUT2D eigenvalue weighted by Crippen LogP contribution is -2.10. The van der Waals surface area contributed by atoms with Gasteiger partial charge in [0.2, 0.25) is 0 Å². The lowest BCUT2D eigenvalue weighted by molar-refractivity contribution is 0.315. The van der Waals surface area contributed by atoms with Crippen LogP contribution in [0.5, 0.6) is 11.5 Å². The Labute approximate surface area is 175 Å². The molecule has 0 spiro atoms. The summed E-state index contributed by atoms with van der Waals surface area (Å²) in [7, 11) is 1.63. The largest absolute Gasteiger partial charge is 0.493 e. The average molecular weight is 495 g/mol. The molecule has 142 valence electrons. The molecular formula is C20H21Br2N3O2. The van der Waals surface area contributed by atoms with Crippen molar-refractivity contribution in [3.05, 3.63) is 52.3 Å². The normalized spacial score (nSPS) is 12.0. The van der Waals surface area contributed by atoms with Gasteiger partial charge in [-0.25, -0.2) is 9.97 Å². The Hall–Kier alpha value is -1.86. The van der Waals surface area contributed by atoms with Crippen LogP contribution in [0.15, 0.2) is 40.9 Å². The summed E-state index contributed by atoms with van der Waals surface area (Å²) >= 11 is 6.90. The summed E-state index contributed by atoms with van der Waals surface area (Å²) in [6.07, 6.45) is 0. The van der Waals surface area contributed by atoms with Gasteiger partial charge < -0.3 is 14.8 Å². The van der Waals surface area contributed by atoms with E-state index in [1.807, 2.05) is 31.2 Å². The van der Waals surface area contributed by atoms with Gasteiger partial charge in [0, 0.05) is 21.3 Å². The molecule has 2 aromatic carbocycles. The zero-order chi connectivity index (χ0) is 19.4. The fraction of sp³-hybridized carbons (Fsp3) is 0.300. The summed E-state index contributed by atoms with van der Waals surface area (Å²) in [5, 5.41) is 5.15. The maximum absolute atomic E-state index is 5.77. The van der Waals surface area contributed by atoms with Crippen LogP contribution >= 0.6 is 31.9 Å². The van der Waals surface area contributed by atoms with Crippen molar-refractivity contribution in [3.63, 3.8) is 0 Å².